The third kappa shape index (κ3) is 6.07. The molecular formula is C30H38N4O5Si. The van der Waals surface area contributed by atoms with Gasteiger partial charge in [0.2, 0.25) is 0 Å². The number of aliphatic hydroxyl groups excluding tert-OH is 1. The van der Waals surface area contributed by atoms with Crippen molar-refractivity contribution in [1.29, 1.82) is 5.26 Å². The number of carbonyl (C=O) groups excluding carboxylic acids is 1. The van der Waals surface area contributed by atoms with Crippen LogP contribution < -0.4 is 4.74 Å². The number of aromatic nitrogens is 3. The minimum absolute atomic E-state index is 0.165. The highest BCUT2D eigenvalue weighted by atomic mass is 28.3. The van der Waals surface area contributed by atoms with E-state index in [1.165, 1.54) is 4.57 Å². The molecule has 0 bridgehead atoms. The summed E-state index contributed by atoms with van der Waals surface area (Å²) in [6.45, 7) is 14.9. The molecule has 1 N–H and O–H groups in total. The van der Waals surface area contributed by atoms with Crippen LogP contribution in [-0.4, -0.2) is 52.7 Å². The van der Waals surface area contributed by atoms with Gasteiger partial charge in [-0.1, -0.05) is 19.6 Å². The summed E-state index contributed by atoms with van der Waals surface area (Å²) in [7, 11) is 0.240. The molecule has 2 heterocycles. The first-order valence-corrected chi connectivity index (χ1v) is 17.0. The van der Waals surface area contributed by atoms with Gasteiger partial charge in [-0.2, -0.15) is 5.26 Å². The minimum Gasteiger partial charge on any atom is -0.496 e. The predicted molar refractivity (Wildman–Crippen MR) is 157 cm³/mol. The quantitative estimate of drug-likeness (QED) is 0.196. The van der Waals surface area contributed by atoms with Gasteiger partial charge in [0.15, 0.2) is 0 Å². The number of nitrogens with zero attached hydrogens (tertiary/aromatic N) is 4. The van der Waals surface area contributed by atoms with Crippen LogP contribution in [0.2, 0.25) is 25.7 Å². The average Bonchev–Trinajstić information content (AvgIpc) is 3.46. The van der Waals surface area contributed by atoms with Crippen molar-refractivity contribution >= 4 is 36.1 Å². The summed E-state index contributed by atoms with van der Waals surface area (Å²) in [6.07, 6.45) is -0.0855. The van der Waals surface area contributed by atoms with Crippen LogP contribution in [0.15, 0.2) is 36.5 Å². The predicted octanol–water partition coefficient (Wildman–Crippen LogP) is 6.36. The van der Waals surface area contributed by atoms with E-state index in [1.54, 1.807) is 48.2 Å². The molecule has 4 aromatic rings. The first-order valence-electron chi connectivity index (χ1n) is 13.3. The van der Waals surface area contributed by atoms with Crippen LogP contribution in [0.25, 0.3) is 21.9 Å². The van der Waals surface area contributed by atoms with Gasteiger partial charge in [0, 0.05) is 31.8 Å². The number of hydrogen-bond acceptors (Lipinski definition) is 7. The number of ether oxygens (including phenoxy) is 3. The lowest BCUT2D eigenvalue weighted by atomic mass is 9.99. The maximum atomic E-state index is 13.0. The Balaban J connectivity index is 1.85. The zero-order valence-corrected chi connectivity index (χ0v) is 25.5. The Labute approximate surface area is 235 Å². The molecule has 0 aliphatic heterocycles. The van der Waals surface area contributed by atoms with E-state index in [9.17, 15) is 15.2 Å². The van der Waals surface area contributed by atoms with Crippen LogP contribution in [0, 0.1) is 18.3 Å². The first-order chi connectivity index (χ1) is 18.7. The zero-order valence-electron chi connectivity index (χ0n) is 24.5. The largest absolute Gasteiger partial charge is 0.496 e. The van der Waals surface area contributed by atoms with Crippen molar-refractivity contribution in [2.75, 3.05) is 13.7 Å². The Morgan fingerprint density at radius 3 is 2.55 bits per heavy atom. The van der Waals surface area contributed by atoms with Gasteiger partial charge in [-0.25, -0.2) is 9.78 Å². The molecule has 0 fully saturated rings. The number of nitriles is 1. The number of benzene rings is 2. The highest BCUT2D eigenvalue weighted by molar-refractivity contribution is 6.76. The zero-order chi connectivity index (χ0) is 29.4. The fraction of sp³-hybridized carbons (Fsp3) is 0.433. The minimum atomic E-state index is -1.31. The molecule has 2 aromatic heterocycles. The van der Waals surface area contributed by atoms with Gasteiger partial charge in [-0.15, -0.1) is 0 Å². The van der Waals surface area contributed by atoms with E-state index in [1.807, 2.05) is 27.7 Å². The van der Waals surface area contributed by atoms with Gasteiger partial charge < -0.3 is 23.9 Å². The second-order valence-corrected chi connectivity index (χ2v) is 17.8. The summed E-state index contributed by atoms with van der Waals surface area (Å²) in [5.74, 6) is 0.821. The highest BCUT2D eigenvalue weighted by Gasteiger charge is 2.29. The number of fused-ring (bicyclic) bond motifs is 2. The Morgan fingerprint density at radius 2 is 1.93 bits per heavy atom. The number of imidazole rings is 1. The van der Waals surface area contributed by atoms with E-state index in [0.29, 0.717) is 51.2 Å². The van der Waals surface area contributed by atoms with Gasteiger partial charge in [0.25, 0.3) is 0 Å². The molecule has 212 valence electrons. The molecule has 0 saturated carbocycles. The number of aryl methyl sites for hydroxylation is 1. The summed E-state index contributed by atoms with van der Waals surface area (Å²) in [6, 6.07) is 12.0. The molecule has 0 aliphatic rings. The number of aliphatic hydroxyl groups is 1. The SMILES string of the molecule is COc1cc(C)c2c(ccn2C(=O)OC(C)(C)C)c1C(O)c1nc2ccc(C#N)cc2n1COCC[Si](C)(C)C. The molecule has 40 heavy (non-hydrogen) atoms. The van der Waals surface area contributed by atoms with E-state index in [-0.39, 0.29) is 6.73 Å². The maximum Gasteiger partial charge on any atom is 0.419 e. The first kappa shape index (κ1) is 29.3. The van der Waals surface area contributed by atoms with Crippen molar-refractivity contribution in [2.24, 2.45) is 0 Å². The maximum absolute atomic E-state index is 13.0. The fourth-order valence-corrected chi connectivity index (χ4v) is 5.42. The molecule has 9 nitrogen and oxygen atoms in total. The summed E-state index contributed by atoms with van der Waals surface area (Å²) in [5, 5.41) is 22.1. The molecule has 0 saturated heterocycles. The van der Waals surface area contributed by atoms with E-state index in [4.69, 9.17) is 19.2 Å². The lowest BCUT2D eigenvalue weighted by Gasteiger charge is -2.21. The topological polar surface area (TPSA) is 112 Å². The smallest absolute Gasteiger partial charge is 0.419 e. The summed E-state index contributed by atoms with van der Waals surface area (Å²) >= 11 is 0. The average molecular weight is 563 g/mol. The van der Waals surface area contributed by atoms with Gasteiger partial charge in [0.1, 0.15) is 30.0 Å². The van der Waals surface area contributed by atoms with E-state index < -0.39 is 25.9 Å². The normalized spacial score (nSPS) is 13.0. The second-order valence-electron chi connectivity index (χ2n) is 12.2. The van der Waals surface area contributed by atoms with Crippen LogP contribution in [0.4, 0.5) is 4.79 Å². The fourth-order valence-electron chi connectivity index (χ4n) is 4.66. The van der Waals surface area contributed by atoms with Crippen molar-refractivity contribution in [2.45, 2.75) is 71.8 Å². The number of rotatable bonds is 8. The third-order valence-corrected chi connectivity index (χ3v) is 8.32. The summed E-state index contributed by atoms with van der Waals surface area (Å²) in [4.78, 5) is 17.8. The summed E-state index contributed by atoms with van der Waals surface area (Å²) < 4.78 is 20.7. The Kier molecular flexibility index (Phi) is 8.13. The van der Waals surface area contributed by atoms with Crippen molar-refractivity contribution in [3.05, 3.63) is 59.0 Å². The van der Waals surface area contributed by atoms with Crippen LogP contribution in [-0.2, 0) is 16.2 Å². The van der Waals surface area contributed by atoms with E-state index >= 15 is 0 Å². The molecule has 1 unspecified atom stereocenters. The molecule has 0 aliphatic carbocycles. The van der Waals surface area contributed by atoms with Crippen LogP contribution in [0.3, 0.4) is 0 Å². The molecule has 4 rings (SSSR count). The van der Waals surface area contributed by atoms with Gasteiger partial charge in [-0.3, -0.25) is 4.57 Å². The van der Waals surface area contributed by atoms with E-state index in [2.05, 4.69) is 25.7 Å². The Hall–Kier alpha value is -3.65. The Bertz CT molecular complexity index is 1600. The summed E-state index contributed by atoms with van der Waals surface area (Å²) in [5.41, 5.74) is 3.03. The number of methoxy groups -OCH3 is 1. The standard InChI is InChI=1S/C30H38N4O5Si/c1-19-15-24(37-5)25(21-11-12-33(26(19)21)29(36)39-30(2,3)4)27(35)28-32-22-10-9-20(17-31)16-23(22)34(28)18-38-13-14-40(6,7)8/h9-12,15-16,27,35H,13-14,18H2,1-8H3. The Morgan fingerprint density at radius 1 is 1.20 bits per heavy atom. The monoisotopic (exact) mass is 562 g/mol. The van der Waals surface area contributed by atoms with Crippen molar-refractivity contribution in [3.8, 4) is 11.8 Å². The van der Waals surface area contributed by atoms with Gasteiger partial charge in [-0.05, 0) is 69.6 Å². The molecule has 0 spiro atoms. The van der Waals surface area contributed by atoms with Crippen molar-refractivity contribution in [1.82, 2.24) is 14.1 Å². The van der Waals surface area contributed by atoms with Crippen LogP contribution in [0.5, 0.6) is 5.75 Å². The molecule has 0 radical (unpaired) electrons. The van der Waals surface area contributed by atoms with Gasteiger partial charge >= 0.3 is 6.09 Å². The molecule has 10 heteroatoms. The molecule has 1 atom stereocenters. The van der Waals surface area contributed by atoms with Gasteiger partial charge in [0.05, 0.1) is 35.3 Å². The van der Waals surface area contributed by atoms with Crippen LogP contribution in [0.1, 0.15) is 49.4 Å². The molecule has 0 amide bonds. The molecular weight excluding hydrogens is 524 g/mol. The molecule has 2 aromatic carbocycles. The number of hydrogen-bond donors (Lipinski definition) is 1. The highest BCUT2D eigenvalue weighted by Crippen LogP contribution is 2.39. The lowest BCUT2D eigenvalue weighted by molar-refractivity contribution is 0.0544. The van der Waals surface area contributed by atoms with Crippen molar-refractivity contribution < 1.29 is 24.1 Å². The number of carbonyl (C=O) groups is 1. The third-order valence-electron chi connectivity index (χ3n) is 6.61. The van der Waals surface area contributed by atoms with E-state index in [0.717, 1.165) is 11.6 Å². The lowest BCUT2D eigenvalue weighted by Crippen LogP contribution is -2.26. The van der Waals surface area contributed by atoms with Crippen LogP contribution >= 0.6 is 0 Å². The second kappa shape index (κ2) is 11.1. The van der Waals surface area contributed by atoms with Crippen molar-refractivity contribution in [3.63, 3.8) is 0 Å².